The number of hydrogen-bond acceptors (Lipinski definition) is 6. The topological polar surface area (TPSA) is 85.5 Å². The minimum atomic E-state index is -0.423. The van der Waals surface area contributed by atoms with E-state index in [1.54, 1.807) is 13.0 Å². The molecule has 8 heteroatoms. The molecule has 1 aromatic carbocycles. The molecule has 156 valence electrons. The van der Waals surface area contributed by atoms with Crippen LogP contribution in [0.15, 0.2) is 34.7 Å². The number of anilines is 2. The standard InChI is InChI=1S/C21H27N3O5/c1-15-19(21(26)27-3)12-18(29-15)13-23(2)14-20(25)22-16-4-6-17(7-5-16)24-8-10-28-11-9-24/h4-7,12H,8-11,13-14H2,1-3H3,(H,22,25)/p+1. The Bertz CT molecular complexity index is 841. The number of aryl methyl sites for hydroxylation is 1. The zero-order valence-corrected chi connectivity index (χ0v) is 17.1. The first-order valence-corrected chi connectivity index (χ1v) is 9.68. The number of morpholine rings is 1. The fraction of sp³-hybridized carbons (Fsp3) is 0.429. The second kappa shape index (κ2) is 9.58. The number of esters is 1. The van der Waals surface area contributed by atoms with Gasteiger partial charge in [-0.2, -0.15) is 0 Å². The van der Waals surface area contributed by atoms with E-state index in [1.807, 2.05) is 31.3 Å². The quantitative estimate of drug-likeness (QED) is 0.669. The SMILES string of the molecule is COC(=O)c1cc(C[NH+](C)CC(=O)Nc2ccc(N3CCOCC3)cc2)oc1C. The first kappa shape index (κ1) is 20.9. The summed E-state index contributed by atoms with van der Waals surface area (Å²) >= 11 is 0. The Morgan fingerprint density at radius 1 is 1.21 bits per heavy atom. The summed E-state index contributed by atoms with van der Waals surface area (Å²) < 4.78 is 15.7. The zero-order valence-electron chi connectivity index (χ0n) is 17.1. The van der Waals surface area contributed by atoms with Gasteiger partial charge >= 0.3 is 5.97 Å². The van der Waals surface area contributed by atoms with Gasteiger partial charge in [0, 0.05) is 30.5 Å². The van der Waals surface area contributed by atoms with E-state index in [1.165, 1.54) is 7.11 Å². The molecule has 0 saturated carbocycles. The van der Waals surface area contributed by atoms with Crippen molar-refractivity contribution in [3.8, 4) is 0 Å². The van der Waals surface area contributed by atoms with Crippen molar-refractivity contribution >= 4 is 23.3 Å². The smallest absolute Gasteiger partial charge is 0.341 e. The molecular formula is C21H28N3O5+. The number of quaternary nitrogens is 1. The number of benzene rings is 1. The van der Waals surface area contributed by atoms with Crippen LogP contribution in [0.1, 0.15) is 21.9 Å². The van der Waals surface area contributed by atoms with Crippen LogP contribution in [0.5, 0.6) is 0 Å². The molecule has 0 spiro atoms. The molecule has 1 aliphatic rings. The van der Waals surface area contributed by atoms with Gasteiger partial charge in [-0.25, -0.2) is 4.79 Å². The van der Waals surface area contributed by atoms with Gasteiger partial charge in [0.1, 0.15) is 17.9 Å². The molecule has 2 heterocycles. The molecule has 2 aromatic rings. The van der Waals surface area contributed by atoms with Gasteiger partial charge in [0.15, 0.2) is 12.3 Å². The van der Waals surface area contributed by atoms with Crippen molar-refractivity contribution in [2.45, 2.75) is 13.5 Å². The number of methoxy groups -OCH3 is 1. The minimum absolute atomic E-state index is 0.0851. The van der Waals surface area contributed by atoms with E-state index in [9.17, 15) is 9.59 Å². The molecule has 0 bridgehead atoms. The minimum Gasteiger partial charge on any atom is -0.465 e. The van der Waals surface area contributed by atoms with E-state index in [2.05, 4.69) is 10.2 Å². The highest BCUT2D eigenvalue weighted by atomic mass is 16.5. The third-order valence-electron chi connectivity index (χ3n) is 4.84. The van der Waals surface area contributed by atoms with E-state index >= 15 is 0 Å². The summed E-state index contributed by atoms with van der Waals surface area (Å²) in [7, 11) is 3.24. The van der Waals surface area contributed by atoms with Gasteiger partial charge in [0.2, 0.25) is 0 Å². The average molecular weight is 402 g/mol. The molecule has 0 radical (unpaired) electrons. The first-order valence-electron chi connectivity index (χ1n) is 9.68. The fourth-order valence-corrected chi connectivity index (χ4v) is 3.36. The molecular weight excluding hydrogens is 374 g/mol. The van der Waals surface area contributed by atoms with Crippen molar-refractivity contribution < 1.29 is 28.4 Å². The van der Waals surface area contributed by atoms with E-state index in [0.29, 0.717) is 23.6 Å². The lowest BCUT2D eigenvalue weighted by atomic mass is 10.2. The normalized spacial score (nSPS) is 15.1. The number of ether oxygens (including phenoxy) is 2. The molecule has 1 unspecified atom stereocenters. The van der Waals surface area contributed by atoms with Gasteiger partial charge in [0.25, 0.3) is 5.91 Å². The van der Waals surface area contributed by atoms with Crippen LogP contribution in [-0.2, 0) is 20.8 Å². The molecule has 1 atom stereocenters. The summed E-state index contributed by atoms with van der Waals surface area (Å²) in [6, 6.07) is 9.52. The third-order valence-corrected chi connectivity index (χ3v) is 4.84. The highest BCUT2D eigenvalue weighted by Gasteiger charge is 2.19. The van der Waals surface area contributed by atoms with Crippen LogP contribution in [0.2, 0.25) is 0 Å². The molecule has 8 nitrogen and oxygen atoms in total. The van der Waals surface area contributed by atoms with Gasteiger partial charge in [-0.05, 0) is 31.2 Å². The molecule has 1 aliphatic heterocycles. The molecule has 2 N–H and O–H groups in total. The summed E-state index contributed by atoms with van der Waals surface area (Å²) in [6.07, 6.45) is 0. The van der Waals surface area contributed by atoms with Gasteiger partial charge in [-0.15, -0.1) is 0 Å². The second-order valence-electron chi connectivity index (χ2n) is 7.18. The molecule has 3 rings (SSSR count). The first-order chi connectivity index (χ1) is 14.0. The maximum absolute atomic E-state index is 12.4. The molecule has 1 aromatic heterocycles. The fourth-order valence-electron chi connectivity index (χ4n) is 3.36. The van der Waals surface area contributed by atoms with Crippen molar-refractivity contribution in [2.75, 3.05) is 57.2 Å². The molecule has 0 aliphatic carbocycles. The van der Waals surface area contributed by atoms with E-state index in [0.717, 1.165) is 42.6 Å². The Balaban J connectivity index is 1.50. The lowest BCUT2D eigenvalue weighted by Crippen LogP contribution is -3.08. The highest BCUT2D eigenvalue weighted by molar-refractivity contribution is 5.91. The summed E-state index contributed by atoms with van der Waals surface area (Å²) in [5.74, 6) is 0.652. The van der Waals surface area contributed by atoms with E-state index < -0.39 is 5.97 Å². The largest absolute Gasteiger partial charge is 0.465 e. The van der Waals surface area contributed by atoms with Crippen LogP contribution in [0.25, 0.3) is 0 Å². The van der Waals surface area contributed by atoms with E-state index in [-0.39, 0.29) is 12.5 Å². The number of carbonyl (C=O) groups is 2. The Morgan fingerprint density at radius 3 is 2.55 bits per heavy atom. The van der Waals surface area contributed by atoms with Gasteiger partial charge in [-0.3, -0.25) is 4.79 Å². The maximum atomic E-state index is 12.4. The summed E-state index contributed by atoms with van der Waals surface area (Å²) in [5.41, 5.74) is 2.31. The second-order valence-corrected chi connectivity index (χ2v) is 7.18. The lowest BCUT2D eigenvalue weighted by Gasteiger charge is -2.28. The van der Waals surface area contributed by atoms with Crippen LogP contribution in [0.3, 0.4) is 0 Å². The summed E-state index contributed by atoms with van der Waals surface area (Å²) in [6.45, 7) is 5.72. The van der Waals surface area contributed by atoms with Crippen LogP contribution in [0, 0.1) is 6.92 Å². The van der Waals surface area contributed by atoms with E-state index in [4.69, 9.17) is 13.9 Å². The Morgan fingerprint density at radius 2 is 1.90 bits per heavy atom. The van der Waals surface area contributed by atoms with Crippen molar-refractivity contribution in [1.82, 2.24) is 0 Å². The van der Waals surface area contributed by atoms with Gasteiger partial charge in [-0.1, -0.05) is 0 Å². The predicted octanol–water partition coefficient (Wildman–Crippen LogP) is 0.865. The third kappa shape index (κ3) is 5.58. The molecule has 29 heavy (non-hydrogen) atoms. The number of amides is 1. The average Bonchev–Trinajstić information content (AvgIpc) is 3.08. The number of nitrogens with one attached hydrogen (secondary N) is 2. The number of nitrogens with zero attached hydrogens (tertiary/aromatic N) is 1. The number of carbonyl (C=O) groups excluding carboxylic acids is 2. The van der Waals surface area contributed by atoms with Crippen molar-refractivity contribution in [3.63, 3.8) is 0 Å². The molecule has 1 amide bonds. The number of furan rings is 1. The number of rotatable bonds is 7. The summed E-state index contributed by atoms with van der Waals surface area (Å²) in [5, 5.41) is 2.92. The summed E-state index contributed by atoms with van der Waals surface area (Å²) in [4.78, 5) is 27.2. The predicted molar refractivity (Wildman–Crippen MR) is 108 cm³/mol. The highest BCUT2D eigenvalue weighted by Crippen LogP contribution is 2.19. The Labute approximate surface area is 170 Å². The number of likely N-dealkylation sites (N-methyl/N-ethyl adjacent to an activating group) is 1. The Kier molecular flexibility index (Phi) is 6.90. The lowest BCUT2D eigenvalue weighted by molar-refractivity contribution is -0.886. The monoisotopic (exact) mass is 402 g/mol. The van der Waals surface area contributed by atoms with Crippen LogP contribution < -0.4 is 15.1 Å². The molecule has 1 saturated heterocycles. The maximum Gasteiger partial charge on any atom is 0.341 e. The van der Waals surface area contributed by atoms with Crippen LogP contribution >= 0.6 is 0 Å². The van der Waals surface area contributed by atoms with Crippen molar-refractivity contribution in [3.05, 3.63) is 47.4 Å². The molecule has 1 fully saturated rings. The zero-order chi connectivity index (χ0) is 20.8. The number of hydrogen-bond donors (Lipinski definition) is 2. The van der Waals surface area contributed by atoms with Gasteiger partial charge in [0.05, 0.1) is 27.4 Å². The van der Waals surface area contributed by atoms with Gasteiger partial charge < -0.3 is 29.0 Å². The van der Waals surface area contributed by atoms with Crippen molar-refractivity contribution in [2.24, 2.45) is 0 Å². The van der Waals surface area contributed by atoms with Crippen LogP contribution in [-0.4, -0.2) is 58.9 Å². The van der Waals surface area contributed by atoms with Crippen LogP contribution in [0.4, 0.5) is 11.4 Å². The van der Waals surface area contributed by atoms with Crippen molar-refractivity contribution in [1.29, 1.82) is 0 Å². The Hall–Kier alpha value is -2.84.